The zero-order chi connectivity index (χ0) is 15.9. The number of benzene rings is 2. The number of alkyl halides is 1. The summed E-state index contributed by atoms with van der Waals surface area (Å²) in [6, 6.07) is 14.9. The summed E-state index contributed by atoms with van der Waals surface area (Å²) in [4.78, 5) is 11.4. The van der Waals surface area contributed by atoms with Crippen molar-refractivity contribution in [2.75, 3.05) is 6.61 Å². The van der Waals surface area contributed by atoms with Crippen LogP contribution in [-0.4, -0.2) is 18.7 Å². The minimum atomic E-state index is -1.89. The van der Waals surface area contributed by atoms with E-state index in [1.54, 1.807) is 31.2 Å². The second kappa shape index (κ2) is 9.12. The normalized spacial score (nSPS) is 12.7. The molecule has 2 aromatic carbocycles. The lowest BCUT2D eigenvalue weighted by atomic mass is 10.0. The number of esters is 1. The monoisotopic (exact) mass is 339 g/mol. The number of hydrogen-bond donors (Lipinski definition) is 1. The van der Waals surface area contributed by atoms with Crippen molar-refractivity contribution in [2.24, 2.45) is 5.73 Å². The van der Waals surface area contributed by atoms with E-state index in [9.17, 15) is 9.18 Å². The van der Waals surface area contributed by atoms with Crippen LogP contribution < -0.4 is 10.5 Å². The third-order valence-electron chi connectivity index (χ3n) is 3.07. The summed E-state index contributed by atoms with van der Waals surface area (Å²) < 4.78 is 24.1. The summed E-state index contributed by atoms with van der Waals surface area (Å²) in [7, 11) is 0. The molecule has 0 saturated carbocycles. The first-order valence-corrected chi connectivity index (χ1v) is 7.01. The molecular formula is C17H19ClFNO3. The van der Waals surface area contributed by atoms with E-state index < -0.39 is 18.2 Å². The fraction of sp³-hybridized carbons (Fsp3) is 0.235. The van der Waals surface area contributed by atoms with Gasteiger partial charge in [0.05, 0.1) is 12.6 Å². The predicted molar refractivity (Wildman–Crippen MR) is 88.7 cm³/mol. The lowest BCUT2D eigenvalue weighted by molar-refractivity contribution is -0.149. The van der Waals surface area contributed by atoms with E-state index in [1.165, 1.54) is 0 Å². The first-order valence-electron chi connectivity index (χ1n) is 7.01. The van der Waals surface area contributed by atoms with E-state index in [0.29, 0.717) is 17.1 Å². The SMILES string of the molecule is CCOC(=O)C(F)[C@H](N)c1ccc(Oc2ccccc2)cc1.Cl. The molecule has 0 aliphatic rings. The highest BCUT2D eigenvalue weighted by atomic mass is 35.5. The van der Waals surface area contributed by atoms with Gasteiger partial charge in [-0.3, -0.25) is 0 Å². The molecule has 2 N–H and O–H groups in total. The van der Waals surface area contributed by atoms with Crippen LogP contribution >= 0.6 is 12.4 Å². The zero-order valence-electron chi connectivity index (χ0n) is 12.6. The maximum Gasteiger partial charge on any atom is 0.342 e. The number of ether oxygens (including phenoxy) is 2. The molecule has 6 heteroatoms. The van der Waals surface area contributed by atoms with Gasteiger partial charge < -0.3 is 15.2 Å². The van der Waals surface area contributed by atoms with Crippen LogP contribution in [0.4, 0.5) is 4.39 Å². The quantitative estimate of drug-likeness (QED) is 0.813. The molecule has 0 amide bonds. The van der Waals surface area contributed by atoms with Crippen molar-refractivity contribution in [1.29, 1.82) is 0 Å². The highest BCUT2D eigenvalue weighted by Crippen LogP contribution is 2.24. The Bertz CT molecular complexity index is 607. The summed E-state index contributed by atoms with van der Waals surface area (Å²) in [6.45, 7) is 1.74. The Kier molecular flexibility index (Phi) is 7.51. The summed E-state index contributed by atoms with van der Waals surface area (Å²) in [5, 5.41) is 0. The number of para-hydroxylation sites is 1. The first kappa shape index (κ1) is 18.9. The molecule has 0 saturated heterocycles. The van der Waals surface area contributed by atoms with E-state index in [1.807, 2.05) is 30.3 Å². The van der Waals surface area contributed by atoms with Crippen LogP contribution in [0.2, 0.25) is 0 Å². The molecule has 0 aliphatic heterocycles. The molecule has 23 heavy (non-hydrogen) atoms. The van der Waals surface area contributed by atoms with E-state index in [0.717, 1.165) is 0 Å². The van der Waals surface area contributed by atoms with Crippen molar-refractivity contribution in [3.8, 4) is 11.5 Å². The average molecular weight is 340 g/mol. The minimum absolute atomic E-state index is 0. The van der Waals surface area contributed by atoms with Gasteiger partial charge in [0.1, 0.15) is 11.5 Å². The lowest BCUT2D eigenvalue weighted by Crippen LogP contribution is -2.31. The van der Waals surface area contributed by atoms with E-state index in [-0.39, 0.29) is 19.0 Å². The molecule has 2 atom stereocenters. The number of carbonyl (C=O) groups is 1. The smallest absolute Gasteiger partial charge is 0.342 e. The predicted octanol–water partition coefficient (Wildman–Crippen LogP) is 3.80. The number of halogens is 2. The standard InChI is InChI=1S/C17H18FNO3.ClH/c1-2-21-17(20)15(18)16(19)12-8-10-14(11-9-12)22-13-6-4-3-5-7-13;/h3-11,15-16H,2,19H2,1H3;1H/t15?,16-;/m1./s1. The fourth-order valence-electron chi connectivity index (χ4n) is 1.92. The Morgan fingerprint density at radius 3 is 2.22 bits per heavy atom. The Balaban J connectivity index is 0.00000264. The summed E-state index contributed by atoms with van der Waals surface area (Å²) in [5.74, 6) is 0.364. The van der Waals surface area contributed by atoms with Crippen LogP contribution in [0.15, 0.2) is 54.6 Å². The van der Waals surface area contributed by atoms with Crippen molar-refractivity contribution in [3.05, 3.63) is 60.2 Å². The third-order valence-corrected chi connectivity index (χ3v) is 3.07. The Morgan fingerprint density at radius 2 is 1.65 bits per heavy atom. The molecule has 124 valence electrons. The highest BCUT2D eigenvalue weighted by Gasteiger charge is 2.27. The molecule has 0 spiro atoms. The molecule has 4 nitrogen and oxygen atoms in total. The van der Waals surface area contributed by atoms with Crippen molar-refractivity contribution in [2.45, 2.75) is 19.1 Å². The van der Waals surface area contributed by atoms with E-state index in [2.05, 4.69) is 4.74 Å². The summed E-state index contributed by atoms with van der Waals surface area (Å²) in [5.41, 5.74) is 6.26. The molecular weight excluding hydrogens is 321 g/mol. The maximum absolute atomic E-state index is 13.9. The van der Waals surface area contributed by atoms with Gasteiger partial charge in [-0.2, -0.15) is 0 Å². The van der Waals surface area contributed by atoms with Crippen LogP contribution in [-0.2, 0) is 9.53 Å². The van der Waals surface area contributed by atoms with Crippen molar-refractivity contribution in [3.63, 3.8) is 0 Å². The lowest BCUT2D eigenvalue weighted by Gasteiger charge is -2.16. The minimum Gasteiger partial charge on any atom is -0.464 e. The molecule has 0 bridgehead atoms. The molecule has 1 unspecified atom stereocenters. The molecule has 0 fully saturated rings. The summed E-state index contributed by atoms with van der Waals surface area (Å²) >= 11 is 0. The van der Waals surface area contributed by atoms with Gasteiger partial charge >= 0.3 is 5.97 Å². The molecule has 2 rings (SSSR count). The van der Waals surface area contributed by atoms with Gasteiger partial charge in [0.15, 0.2) is 0 Å². The number of carbonyl (C=O) groups excluding carboxylic acids is 1. The number of rotatable bonds is 6. The number of hydrogen-bond acceptors (Lipinski definition) is 4. The largest absolute Gasteiger partial charge is 0.464 e. The van der Waals surface area contributed by atoms with Gasteiger partial charge in [-0.05, 0) is 36.8 Å². The Labute approximate surface area is 140 Å². The van der Waals surface area contributed by atoms with Crippen LogP contribution in [0.1, 0.15) is 18.5 Å². The van der Waals surface area contributed by atoms with E-state index in [4.69, 9.17) is 10.5 Å². The molecule has 0 aromatic heterocycles. The van der Waals surface area contributed by atoms with Gasteiger partial charge in [-0.1, -0.05) is 30.3 Å². The molecule has 0 aliphatic carbocycles. The Hall–Kier alpha value is -2.11. The van der Waals surface area contributed by atoms with Gasteiger partial charge in [-0.15, -0.1) is 12.4 Å². The van der Waals surface area contributed by atoms with Crippen LogP contribution in [0.25, 0.3) is 0 Å². The van der Waals surface area contributed by atoms with Crippen LogP contribution in [0.5, 0.6) is 11.5 Å². The maximum atomic E-state index is 13.9. The number of nitrogens with two attached hydrogens (primary N) is 1. The fourth-order valence-corrected chi connectivity index (χ4v) is 1.92. The first-order chi connectivity index (χ1) is 10.6. The summed E-state index contributed by atoms with van der Waals surface area (Å²) in [6.07, 6.45) is -1.89. The molecule has 0 radical (unpaired) electrons. The third kappa shape index (κ3) is 5.23. The molecule has 0 heterocycles. The van der Waals surface area contributed by atoms with Crippen molar-refractivity contribution in [1.82, 2.24) is 0 Å². The van der Waals surface area contributed by atoms with Crippen LogP contribution in [0, 0.1) is 0 Å². The van der Waals surface area contributed by atoms with Crippen LogP contribution in [0.3, 0.4) is 0 Å². The van der Waals surface area contributed by atoms with Crippen molar-refractivity contribution < 1.29 is 18.7 Å². The second-order valence-corrected chi connectivity index (χ2v) is 4.66. The van der Waals surface area contributed by atoms with Crippen molar-refractivity contribution >= 4 is 18.4 Å². The second-order valence-electron chi connectivity index (χ2n) is 4.66. The van der Waals surface area contributed by atoms with Gasteiger partial charge in [-0.25, -0.2) is 9.18 Å². The van der Waals surface area contributed by atoms with E-state index >= 15 is 0 Å². The average Bonchev–Trinajstić information content (AvgIpc) is 2.55. The topological polar surface area (TPSA) is 61.5 Å². The van der Waals surface area contributed by atoms with Gasteiger partial charge in [0.2, 0.25) is 6.17 Å². The van der Waals surface area contributed by atoms with Gasteiger partial charge in [0.25, 0.3) is 0 Å². The Morgan fingerprint density at radius 1 is 1.09 bits per heavy atom. The highest BCUT2D eigenvalue weighted by molar-refractivity contribution is 5.85. The van der Waals surface area contributed by atoms with Gasteiger partial charge in [0, 0.05) is 0 Å². The molecule has 2 aromatic rings. The zero-order valence-corrected chi connectivity index (χ0v) is 13.5.